The lowest BCUT2D eigenvalue weighted by Crippen LogP contribution is -2.64. The fourth-order valence-corrected chi connectivity index (χ4v) is 8.14. The fraction of sp³-hybridized carbons (Fsp3) is 0.725. The SMILES string of the molecule is CC/C=C\C/C=C\CC(O)/C=C/C=C\C/C=C\C/C=C\CCC(=O)O[C@H](COC(=O)CCCCCCCCCCCCCCCCCCC)COP(=O)(O)OC1[C@H](O)[C@H](O)C(O)[C@H](O)[C@H]1O. The fourth-order valence-electron chi connectivity index (χ4n) is 7.16. The smallest absolute Gasteiger partial charge is 0.462 e. The van der Waals surface area contributed by atoms with Crippen molar-refractivity contribution >= 4 is 19.8 Å². The quantitative estimate of drug-likeness (QED) is 0.00999. The van der Waals surface area contributed by atoms with Gasteiger partial charge in [-0.15, -0.1) is 0 Å². The van der Waals surface area contributed by atoms with E-state index >= 15 is 0 Å². The van der Waals surface area contributed by atoms with Crippen LogP contribution in [-0.2, 0) is 32.7 Å². The highest BCUT2D eigenvalue weighted by molar-refractivity contribution is 7.47. The monoisotopic (exact) mass is 955 g/mol. The van der Waals surface area contributed by atoms with E-state index in [1.165, 1.54) is 83.5 Å². The first-order valence-electron chi connectivity index (χ1n) is 24.8. The molecule has 1 fully saturated rings. The molecule has 1 aliphatic carbocycles. The van der Waals surface area contributed by atoms with Crippen LogP contribution in [0.1, 0.15) is 174 Å². The van der Waals surface area contributed by atoms with E-state index in [2.05, 4.69) is 26.0 Å². The summed E-state index contributed by atoms with van der Waals surface area (Å²) in [4.78, 5) is 35.8. The molecular weight excluding hydrogens is 868 g/mol. The molecule has 0 aromatic carbocycles. The maximum atomic E-state index is 12.8. The van der Waals surface area contributed by atoms with E-state index in [0.717, 1.165) is 32.1 Å². The molecule has 0 saturated heterocycles. The number of hydrogen-bond donors (Lipinski definition) is 7. The van der Waals surface area contributed by atoms with Crippen molar-refractivity contribution < 1.29 is 68.2 Å². The molecule has 0 aromatic heterocycles. The van der Waals surface area contributed by atoms with Crippen LogP contribution >= 0.6 is 7.82 Å². The van der Waals surface area contributed by atoms with Crippen LogP contribution in [0.25, 0.3) is 0 Å². The van der Waals surface area contributed by atoms with Gasteiger partial charge in [0.1, 0.15) is 43.2 Å². The van der Waals surface area contributed by atoms with Gasteiger partial charge in [0.2, 0.25) is 0 Å². The molecule has 0 heterocycles. The second-order valence-corrected chi connectivity index (χ2v) is 18.6. The predicted molar refractivity (Wildman–Crippen MR) is 259 cm³/mol. The Morgan fingerprint density at radius 2 is 1.05 bits per heavy atom. The number of unbranched alkanes of at least 4 members (excludes halogenated alkanes) is 16. The molecule has 15 heteroatoms. The molecule has 1 aliphatic rings. The van der Waals surface area contributed by atoms with Gasteiger partial charge < -0.3 is 45.0 Å². The lowest BCUT2D eigenvalue weighted by Gasteiger charge is -2.41. The zero-order valence-electron chi connectivity index (χ0n) is 40.1. The summed E-state index contributed by atoms with van der Waals surface area (Å²) in [6, 6.07) is 0. The summed E-state index contributed by atoms with van der Waals surface area (Å²) in [5.41, 5.74) is 0. The van der Waals surface area contributed by atoms with Crippen molar-refractivity contribution in [2.24, 2.45) is 0 Å². The zero-order valence-corrected chi connectivity index (χ0v) is 41.0. The van der Waals surface area contributed by atoms with E-state index in [1.54, 1.807) is 12.2 Å². The zero-order chi connectivity index (χ0) is 48.7. The van der Waals surface area contributed by atoms with Crippen LogP contribution in [-0.4, -0.2) is 110 Å². The Bertz CT molecular complexity index is 1450. The number of esters is 2. The molecule has 4 unspecified atom stereocenters. The molecule has 1 saturated carbocycles. The average molecular weight is 955 g/mol. The van der Waals surface area contributed by atoms with Gasteiger partial charge in [-0.05, 0) is 44.9 Å². The van der Waals surface area contributed by atoms with E-state index < -0.39 is 81.8 Å². The Hall–Kier alpha value is -2.75. The number of allylic oxidation sites excluding steroid dienone is 10. The third kappa shape index (κ3) is 32.1. The molecular formula is C51H87O14P. The van der Waals surface area contributed by atoms with Crippen LogP contribution in [0, 0.1) is 0 Å². The van der Waals surface area contributed by atoms with Crippen LogP contribution in [0.4, 0.5) is 0 Å². The normalized spacial score (nSPS) is 22.4. The van der Waals surface area contributed by atoms with Gasteiger partial charge in [0, 0.05) is 12.8 Å². The lowest BCUT2D eigenvalue weighted by molar-refractivity contribution is -0.220. The van der Waals surface area contributed by atoms with Crippen molar-refractivity contribution in [3.8, 4) is 0 Å². The Balaban J connectivity index is 2.50. The van der Waals surface area contributed by atoms with Gasteiger partial charge in [0.25, 0.3) is 0 Å². The summed E-state index contributed by atoms with van der Waals surface area (Å²) in [6.07, 6.45) is 34.1. The first-order valence-corrected chi connectivity index (χ1v) is 26.3. The van der Waals surface area contributed by atoms with Crippen molar-refractivity contribution in [2.45, 2.75) is 223 Å². The number of phosphoric acid groups is 1. The van der Waals surface area contributed by atoms with Gasteiger partial charge in [-0.3, -0.25) is 18.6 Å². The number of ether oxygens (including phenoxy) is 2. The largest absolute Gasteiger partial charge is 0.472 e. The molecule has 0 radical (unpaired) electrons. The van der Waals surface area contributed by atoms with E-state index in [9.17, 15) is 49.7 Å². The van der Waals surface area contributed by atoms with Gasteiger partial charge >= 0.3 is 19.8 Å². The summed E-state index contributed by atoms with van der Waals surface area (Å²) >= 11 is 0. The predicted octanol–water partition coefficient (Wildman–Crippen LogP) is 9.25. The molecule has 1 rings (SSSR count). The van der Waals surface area contributed by atoms with E-state index in [0.29, 0.717) is 32.1 Å². The number of rotatable bonds is 40. The minimum absolute atomic E-state index is 0.0532. The first kappa shape index (κ1) is 61.3. The molecule has 380 valence electrons. The average Bonchev–Trinajstić information content (AvgIpc) is 3.29. The highest BCUT2D eigenvalue weighted by Crippen LogP contribution is 2.47. The van der Waals surface area contributed by atoms with Gasteiger partial charge in [-0.1, -0.05) is 189 Å². The van der Waals surface area contributed by atoms with E-state index in [-0.39, 0.29) is 12.8 Å². The number of hydrogen-bond acceptors (Lipinski definition) is 13. The maximum Gasteiger partial charge on any atom is 0.472 e. The Kier molecular flexibility index (Phi) is 37.3. The van der Waals surface area contributed by atoms with Gasteiger partial charge in [-0.25, -0.2) is 4.57 Å². The van der Waals surface area contributed by atoms with Crippen LogP contribution in [0.2, 0.25) is 0 Å². The van der Waals surface area contributed by atoms with Crippen LogP contribution in [0.5, 0.6) is 0 Å². The lowest BCUT2D eigenvalue weighted by atomic mass is 9.85. The van der Waals surface area contributed by atoms with Crippen LogP contribution in [0.15, 0.2) is 72.9 Å². The number of phosphoric ester groups is 1. The minimum atomic E-state index is -5.16. The van der Waals surface area contributed by atoms with Crippen LogP contribution in [0.3, 0.4) is 0 Å². The first-order chi connectivity index (χ1) is 31.8. The molecule has 0 bridgehead atoms. The third-order valence-electron chi connectivity index (χ3n) is 11.2. The van der Waals surface area contributed by atoms with E-state index in [4.69, 9.17) is 18.5 Å². The number of carbonyl (C=O) groups is 2. The molecule has 0 amide bonds. The summed E-state index contributed by atoms with van der Waals surface area (Å²) in [5.74, 6) is -1.23. The van der Waals surface area contributed by atoms with Crippen molar-refractivity contribution in [1.82, 2.24) is 0 Å². The molecule has 0 spiro atoms. The second-order valence-electron chi connectivity index (χ2n) is 17.1. The molecule has 14 nitrogen and oxygen atoms in total. The van der Waals surface area contributed by atoms with Gasteiger partial charge in [-0.2, -0.15) is 0 Å². The van der Waals surface area contributed by atoms with Gasteiger partial charge in [0.15, 0.2) is 6.10 Å². The maximum absolute atomic E-state index is 12.8. The van der Waals surface area contributed by atoms with Crippen molar-refractivity contribution in [3.63, 3.8) is 0 Å². The highest BCUT2D eigenvalue weighted by atomic mass is 31.2. The van der Waals surface area contributed by atoms with Gasteiger partial charge in [0.05, 0.1) is 12.7 Å². The second kappa shape index (κ2) is 40.2. The standard InChI is InChI=1S/C51H87O14P/c1-3-5-7-9-11-12-13-14-15-16-17-18-19-23-26-30-34-38-44(53)62-40-43(41-63-66(60,61)65-51-49(58)47(56)46(55)48(57)50(51)59)64-45(54)39-35-31-27-24-21-20-22-25-29-33-37-42(52)36-32-28-10-8-6-4-2/h6,8,20-21,25,27-29,31-33,37,42-43,46-52,55-59H,3-5,7,9-19,22-24,26,30,34-36,38-41H2,1-2H3,(H,60,61)/b8-6-,21-20-,29-25-,31-27-,32-28-,37-33+/t42?,43-,46?,47-,48+,49-,50-,51?/m1/s1. The molecule has 66 heavy (non-hydrogen) atoms. The summed E-state index contributed by atoms with van der Waals surface area (Å²) in [5, 5.41) is 60.2. The highest BCUT2D eigenvalue weighted by Gasteiger charge is 2.51. The molecule has 9 atom stereocenters. The summed E-state index contributed by atoms with van der Waals surface area (Å²) < 4.78 is 33.5. The minimum Gasteiger partial charge on any atom is -0.462 e. The third-order valence-corrected chi connectivity index (χ3v) is 12.1. The summed E-state index contributed by atoms with van der Waals surface area (Å²) in [7, 11) is -5.16. The molecule has 0 aliphatic heterocycles. The molecule has 0 aromatic rings. The Labute approximate surface area is 396 Å². The number of carbonyl (C=O) groups excluding carboxylic acids is 2. The topological polar surface area (TPSA) is 230 Å². The summed E-state index contributed by atoms with van der Waals surface area (Å²) in [6.45, 7) is 3.07. The Morgan fingerprint density at radius 3 is 1.61 bits per heavy atom. The van der Waals surface area contributed by atoms with Crippen LogP contribution < -0.4 is 0 Å². The Morgan fingerprint density at radius 1 is 0.561 bits per heavy atom. The number of aliphatic hydroxyl groups excluding tert-OH is 6. The molecule has 7 N–H and O–H groups in total. The van der Waals surface area contributed by atoms with Crippen molar-refractivity contribution in [1.29, 1.82) is 0 Å². The van der Waals surface area contributed by atoms with Crippen molar-refractivity contribution in [3.05, 3.63) is 72.9 Å². The van der Waals surface area contributed by atoms with Crippen molar-refractivity contribution in [2.75, 3.05) is 13.2 Å². The number of aliphatic hydroxyl groups is 6. The van der Waals surface area contributed by atoms with E-state index in [1.807, 2.05) is 48.6 Å².